The summed E-state index contributed by atoms with van der Waals surface area (Å²) in [6.07, 6.45) is 33.7. The van der Waals surface area contributed by atoms with Crippen LogP contribution in [0.4, 0.5) is 73.9 Å². The Morgan fingerprint density at radius 3 is 0.886 bits per heavy atom. The third-order valence-corrected chi connectivity index (χ3v) is 23.8. The first-order chi connectivity index (χ1) is 55.3. The molecule has 12 rings (SSSR count). The summed E-state index contributed by atoms with van der Waals surface area (Å²) in [7, 11) is 2.04. The number of benzene rings is 10. The normalized spacial score (nSPS) is 12.4. The van der Waals surface area contributed by atoms with Crippen molar-refractivity contribution in [1.82, 2.24) is 0 Å². The van der Waals surface area contributed by atoms with Gasteiger partial charge in [-0.25, -0.2) is 0 Å². The minimum Gasteiger partial charge on any atom is -0.356 e. The molecule has 0 heterocycles. The lowest BCUT2D eigenvalue weighted by Gasteiger charge is -2.35. The number of unbranched alkanes of at least 4 members (excludes halogenated alkanes) is 20. The number of halogens is 2. The largest absolute Gasteiger partial charge is 0.356 e. The molecule has 10 aromatic rings. The summed E-state index contributed by atoms with van der Waals surface area (Å²) in [5.41, 5.74) is 20.0. The molecule has 0 fully saturated rings. The van der Waals surface area contributed by atoms with E-state index in [1.54, 1.807) is 48.5 Å². The molecule has 0 radical (unpaired) electrons. The van der Waals surface area contributed by atoms with Gasteiger partial charge >= 0.3 is 0 Å². The second-order valence-corrected chi connectivity index (χ2v) is 32.6. The van der Waals surface area contributed by atoms with Gasteiger partial charge in [0.1, 0.15) is 0 Å². The van der Waals surface area contributed by atoms with Crippen LogP contribution in [0.3, 0.4) is 0 Å². The summed E-state index contributed by atoms with van der Waals surface area (Å²) >= 11 is 6.65. The molecule has 0 unspecified atom stereocenters. The van der Waals surface area contributed by atoms with E-state index in [1.807, 2.05) is 55.6 Å². The predicted octanol–water partition coefficient (Wildman–Crippen LogP) is 30.8. The van der Waals surface area contributed by atoms with Crippen molar-refractivity contribution in [2.75, 3.05) is 27.5 Å². The lowest BCUT2D eigenvalue weighted by Crippen LogP contribution is -2.26. The first kappa shape index (κ1) is 86.4. The van der Waals surface area contributed by atoms with Crippen molar-refractivity contribution in [2.45, 2.75) is 225 Å². The predicted molar refractivity (Wildman–Crippen MR) is 479 cm³/mol. The molecule has 0 aliphatic heterocycles. The smallest absolute Gasteiger partial charge is 0.269 e. The minimum atomic E-state index is -0.375. The maximum Gasteiger partial charge on any atom is 0.269 e. The fraction of sp³-hybridized carbons (Fsp3) is 0.375. The molecule has 0 bridgehead atoms. The molecule has 0 aromatic heterocycles. The number of anilines is 9. The lowest BCUT2D eigenvalue weighted by atomic mass is 9.70. The Labute approximate surface area is 691 Å². The Kier molecular flexibility index (Phi) is 32.5. The fourth-order valence-corrected chi connectivity index (χ4v) is 17.1. The van der Waals surface area contributed by atoms with Crippen LogP contribution in [-0.2, 0) is 10.8 Å². The van der Waals surface area contributed by atoms with Crippen molar-refractivity contribution >= 4 is 106 Å². The molecular weight excluding hydrogens is 1550 g/mol. The van der Waals surface area contributed by atoms with E-state index in [1.165, 1.54) is 197 Å². The fourth-order valence-electron chi connectivity index (χ4n) is 16.5. The number of rotatable bonds is 41. The van der Waals surface area contributed by atoms with Gasteiger partial charge in [0.15, 0.2) is 0 Å². The SMILES string of the molecule is Brc1ccc(Br)cc1.CCCCCCCCC1(CCCCCCCC)c2cc(N(C)c3ccc([N+](=O)[O-])cc3)ccc2-c2ccc(N(c3ccc(C)cc3)c3ccc([N+](=O)[O-])cc3)cc21.CCCCCCCCC1(CCCCCCCC)c2cc(Nc3ccc([N+](=O)[O-])cc3)ccc2-c2ccc(Nc3ccc([N+](=O)[O-])cc3)cc21. The van der Waals surface area contributed by atoms with Crippen LogP contribution < -0.4 is 20.4 Å². The van der Waals surface area contributed by atoms with Crippen LogP contribution in [0.25, 0.3) is 22.3 Å². The number of non-ortho nitro benzene ring substituents is 4. The van der Waals surface area contributed by atoms with Crippen molar-refractivity contribution in [3.63, 3.8) is 0 Å². The van der Waals surface area contributed by atoms with Crippen LogP contribution in [0.5, 0.6) is 0 Å². The van der Waals surface area contributed by atoms with E-state index >= 15 is 0 Å². The van der Waals surface area contributed by atoms with E-state index in [4.69, 9.17) is 0 Å². The summed E-state index contributed by atoms with van der Waals surface area (Å²) in [5, 5.41) is 52.5. The number of hydrogen-bond donors (Lipinski definition) is 2. The average molecular weight is 1670 g/mol. The third-order valence-electron chi connectivity index (χ3n) is 22.8. The topological polar surface area (TPSA) is 203 Å². The standard InChI is InChI=1S/C49H58N4O4.C41H50N4O4.C6H4Br2/c1-5-7-9-11-13-15-33-49(34-16-14-12-10-8-6-2)47-35-43(50(4)38-21-25-41(26-22-38)52(54)55)29-31-45(47)46-32-30-44(36-48(46)49)51(39-19-17-37(3)18-20-39)40-23-27-42(28-24-40)53(56)57;1-3-5-7-9-11-13-27-41(28-14-12-10-8-6-4-2)39-29-33(42-31-15-21-35(22-16-31)44(46)47)19-25-37(39)38-26-20-34(30-40(38)41)43-32-17-23-36(24-18-32)45(48)49;7-5-1-2-6(8)4-3-5/h17-32,35-36H,5-16,33-34H2,1-4H3;15-26,29-30,42-43H,3-14,27-28H2,1-2H3;1-4H. The zero-order valence-electron chi connectivity index (χ0n) is 67.3. The summed E-state index contributed by atoms with van der Waals surface area (Å²) in [6, 6.07) is 70.3. The number of nitrogens with zero attached hydrogens (tertiary/aromatic N) is 6. The number of fused-ring (bicyclic) bond motifs is 6. The Morgan fingerprint density at radius 2 is 0.553 bits per heavy atom. The molecule has 0 saturated heterocycles. The van der Waals surface area contributed by atoms with Crippen LogP contribution >= 0.6 is 31.9 Å². The van der Waals surface area contributed by atoms with E-state index in [2.05, 4.69) is 184 Å². The number of nitro groups is 4. The molecule has 0 saturated carbocycles. The van der Waals surface area contributed by atoms with Crippen molar-refractivity contribution in [3.05, 3.63) is 296 Å². The number of nitro benzene ring substituents is 4. The van der Waals surface area contributed by atoms with Crippen LogP contribution in [0.15, 0.2) is 227 Å². The highest BCUT2D eigenvalue weighted by atomic mass is 79.9. The molecule has 2 aliphatic carbocycles. The van der Waals surface area contributed by atoms with E-state index in [0.29, 0.717) is 0 Å². The first-order valence-corrected chi connectivity index (χ1v) is 43.0. The monoisotopic (exact) mass is 1660 g/mol. The second kappa shape index (κ2) is 42.9. The number of hydrogen-bond acceptors (Lipinski definition) is 12. The summed E-state index contributed by atoms with van der Waals surface area (Å²) in [5.74, 6) is 0. The second-order valence-electron chi connectivity index (χ2n) is 30.8. The van der Waals surface area contributed by atoms with Crippen LogP contribution in [-0.4, -0.2) is 26.7 Å². The van der Waals surface area contributed by atoms with Gasteiger partial charge in [-0.2, -0.15) is 0 Å². The zero-order valence-corrected chi connectivity index (χ0v) is 70.5. The molecule has 10 aromatic carbocycles. The van der Waals surface area contributed by atoms with Gasteiger partial charge in [-0.1, -0.05) is 256 Å². The molecular formula is C96H112Br2N8O8. The van der Waals surface area contributed by atoms with Gasteiger partial charge in [-0.05, 0) is 211 Å². The lowest BCUT2D eigenvalue weighted by molar-refractivity contribution is -0.385. The average Bonchev–Trinajstić information content (AvgIpc) is 1.57. The van der Waals surface area contributed by atoms with E-state index < -0.39 is 0 Å². The Bertz CT molecular complexity index is 4610. The van der Waals surface area contributed by atoms with Gasteiger partial charge in [-0.15, -0.1) is 0 Å². The van der Waals surface area contributed by atoms with Crippen molar-refractivity contribution in [2.24, 2.45) is 0 Å². The van der Waals surface area contributed by atoms with Crippen LogP contribution in [0, 0.1) is 47.4 Å². The maximum atomic E-state index is 11.6. The molecule has 0 atom stereocenters. The molecule has 2 aliphatic rings. The Morgan fingerprint density at radius 1 is 0.298 bits per heavy atom. The van der Waals surface area contributed by atoms with Crippen molar-refractivity contribution in [1.29, 1.82) is 0 Å². The first-order valence-electron chi connectivity index (χ1n) is 41.4. The van der Waals surface area contributed by atoms with E-state index in [0.717, 1.165) is 117 Å². The third kappa shape index (κ3) is 22.7. The highest BCUT2D eigenvalue weighted by Gasteiger charge is 2.45. The van der Waals surface area contributed by atoms with Crippen molar-refractivity contribution in [3.8, 4) is 22.3 Å². The highest BCUT2D eigenvalue weighted by molar-refractivity contribution is 9.11. The molecule has 114 heavy (non-hydrogen) atoms. The Hall–Kier alpha value is -10.0. The van der Waals surface area contributed by atoms with E-state index in [-0.39, 0.29) is 53.3 Å². The van der Waals surface area contributed by atoms with Gasteiger partial charge in [-0.3, -0.25) is 40.5 Å². The quantitative estimate of drug-likeness (QED) is 0.0209. The van der Waals surface area contributed by atoms with Gasteiger partial charge < -0.3 is 20.4 Å². The summed E-state index contributed by atoms with van der Waals surface area (Å²) < 4.78 is 2.22. The highest BCUT2D eigenvalue weighted by Crippen LogP contribution is 2.58. The molecule has 0 amide bonds. The van der Waals surface area contributed by atoms with Crippen LogP contribution in [0.1, 0.15) is 235 Å². The van der Waals surface area contributed by atoms with Gasteiger partial charge in [0.2, 0.25) is 0 Å². The maximum absolute atomic E-state index is 11.6. The Balaban J connectivity index is 0.000000221. The van der Waals surface area contributed by atoms with Crippen molar-refractivity contribution < 1.29 is 19.7 Å². The van der Waals surface area contributed by atoms with Gasteiger partial charge in [0, 0.05) is 127 Å². The summed E-state index contributed by atoms with van der Waals surface area (Å²) in [4.78, 5) is 48.4. The molecule has 18 heteroatoms. The molecule has 0 spiro atoms. The zero-order chi connectivity index (χ0) is 81.0. The molecule has 2 N–H and O–H groups in total. The number of aryl methyl sites for hydroxylation is 1. The number of nitrogens with one attached hydrogen (secondary N) is 2. The minimum absolute atomic E-state index is 0.0680. The van der Waals surface area contributed by atoms with Gasteiger partial charge in [0.05, 0.1) is 19.7 Å². The molecule has 598 valence electrons. The van der Waals surface area contributed by atoms with Crippen LogP contribution in [0.2, 0.25) is 0 Å². The van der Waals surface area contributed by atoms with Gasteiger partial charge in [0.25, 0.3) is 22.7 Å². The van der Waals surface area contributed by atoms with E-state index in [9.17, 15) is 40.5 Å². The summed E-state index contributed by atoms with van der Waals surface area (Å²) in [6.45, 7) is 11.1. The molecule has 16 nitrogen and oxygen atoms in total.